The molecule has 4 nitrogen and oxygen atoms in total. The molecule has 1 aromatic rings. The molecule has 0 unspecified atom stereocenters. The molecule has 23 heavy (non-hydrogen) atoms. The molecule has 0 amide bonds. The second-order valence-corrected chi connectivity index (χ2v) is 9.74. The van der Waals surface area contributed by atoms with E-state index in [4.69, 9.17) is 5.26 Å². The highest BCUT2D eigenvalue weighted by Crippen LogP contribution is 2.51. The van der Waals surface area contributed by atoms with Gasteiger partial charge in [0.05, 0.1) is 17.7 Å². The molecule has 1 spiro atoms. The Labute approximate surface area is 142 Å². The summed E-state index contributed by atoms with van der Waals surface area (Å²) in [6.07, 6.45) is 3.11. The summed E-state index contributed by atoms with van der Waals surface area (Å²) in [5.74, 6) is 0. The molecule has 2 N–H and O–H groups in total. The van der Waals surface area contributed by atoms with Crippen molar-refractivity contribution < 1.29 is 4.55 Å². The van der Waals surface area contributed by atoms with Gasteiger partial charge in [0.15, 0.2) is 0 Å². The molecular weight excluding hydrogens is 306 g/mol. The average Bonchev–Trinajstić information content (AvgIpc) is 2.79. The zero-order valence-electron chi connectivity index (χ0n) is 14.1. The van der Waals surface area contributed by atoms with Gasteiger partial charge in [-0.1, -0.05) is 6.07 Å². The Kier molecular flexibility index (Phi) is 4.45. The highest BCUT2D eigenvalue weighted by Gasteiger charge is 2.49. The first kappa shape index (κ1) is 16.8. The summed E-state index contributed by atoms with van der Waals surface area (Å²) in [5.41, 5.74) is 3.30. The molecule has 1 heterocycles. The predicted molar refractivity (Wildman–Crippen MR) is 93.2 cm³/mol. The second kappa shape index (κ2) is 6.10. The van der Waals surface area contributed by atoms with Crippen LogP contribution in [-0.2, 0) is 17.8 Å². The third kappa shape index (κ3) is 3.14. The zero-order chi connectivity index (χ0) is 16.7. The summed E-state index contributed by atoms with van der Waals surface area (Å²) >= 11 is -1.10. The zero-order valence-corrected chi connectivity index (χ0v) is 14.9. The first-order chi connectivity index (χ1) is 10.9. The number of hydrogen-bond donors (Lipinski definition) is 2. The van der Waals surface area contributed by atoms with Gasteiger partial charge >= 0.3 is 0 Å². The summed E-state index contributed by atoms with van der Waals surface area (Å²) in [6.45, 7) is 8.00. The Morgan fingerprint density at radius 1 is 1.35 bits per heavy atom. The molecule has 1 aliphatic heterocycles. The Hall–Kier alpha value is -1.06. The van der Waals surface area contributed by atoms with E-state index in [9.17, 15) is 4.55 Å². The van der Waals surface area contributed by atoms with Gasteiger partial charge in [0.2, 0.25) is 0 Å². The van der Waals surface area contributed by atoms with Crippen LogP contribution in [0.5, 0.6) is 0 Å². The number of hydrogen-bond acceptors (Lipinski definition) is 4. The smallest absolute Gasteiger partial charge is 0.136 e. The lowest BCUT2D eigenvalue weighted by molar-refractivity contribution is 0.163. The second-order valence-electron chi connectivity index (χ2n) is 7.75. The van der Waals surface area contributed by atoms with Crippen LogP contribution in [0.25, 0.3) is 0 Å². The molecule has 0 radical (unpaired) electrons. The number of fused-ring (bicyclic) bond motifs is 1. The van der Waals surface area contributed by atoms with Gasteiger partial charge in [-0.2, -0.15) is 5.26 Å². The summed E-state index contributed by atoms with van der Waals surface area (Å²) in [5, 5.41) is 12.6. The highest BCUT2D eigenvalue weighted by molar-refractivity contribution is 7.90. The van der Waals surface area contributed by atoms with Crippen molar-refractivity contribution in [3.8, 4) is 6.07 Å². The van der Waals surface area contributed by atoms with Crippen molar-refractivity contribution in [3.05, 3.63) is 34.9 Å². The fraction of sp³-hybridized carbons (Fsp3) is 0.611. The highest BCUT2D eigenvalue weighted by atomic mass is 32.2. The number of nitrogens with one attached hydrogen (secondary N) is 2. The van der Waals surface area contributed by atoms with Gasteiger partial charge in [-0.3, -0.25) is 0 Å². The predicted octanol–water partition coefficient (Wildman–Crippen LogP) is 2.58. The third-order valence-corrected chi connectivity index (χ3v) is 6.68. The van der Waals surface area contributed by atoms with Crippen molar-refractivity contribution in [1.29, 1.82) is 5.26 Å². The maximum atomic E-state index is 12.7. The summed E-state index contributed by atoms with van der Waals surface area (Å²) in [7, 11) is 0. The van der Waals surface area contributed by atoms with E-state index in [-0.39, 0.29) is 16.2 Å². The van der Waals surface area contributed by atoms with Crippen LogP contribution in [-0.4, -0.2) is 22.4 Å². The van der Waals surface area contributed by atoms with E-state index in [1.807, 2.05) is 32.9 Å². The van der Waals surface area contributed by atoms with E-state index < -0.39 is 11.4 Å². The topological polar surface area (TPSA) is 70.9 Å². The van der Waals surface area contributed by atoms with Gasteiger partial charge in [0.25, 0.3) is 0 Å². The van der Waals surface area contributed by atoms with E-state index >= 15 is 0 Å². The SMILES string of the molecule is CC(C)(C)[S@@+]([O-])N[C@@H]1c2ccc(C#N)cc2CC12CCNCC2. The van der Waals surface area contributed by atoms with Crippen LogP contribution in [0.2, 0.25) is 0 Å². The Bertz CT molecular complexity index is 626. The average molecular weight is 331 g/mol. The molecule has 2 atom stereocenters. The third-order valence-electron chi connectivity index (χ3n) is 5.12. The van der Waals surface area contributed by atoms with E-state index in [0.29, 0.717) is 5.56 Å². The summed E-state index contributed by atoms with van der Waals surface area (Å²) in [6, 6.07) is 8.29. The van der Waals surface area contributed by atoms with Gasteiger partial charge < -0.3 is 9.87 Å². The lowest BCUT2D eigenvalue weighted by Gasteiger charge is -2.40. The van der Waals surface area contributed by atoms with Crippen LogP contribution < -0.4 is 10.0 Å². The van der Waals surface area contributed by atoms with E-state index in [0.717, 1.165) is 32.4 Å². The molecule has 124 valence electrons. The molecule has 0 bridgehead atoms. The van der Waals surface area contributed by atoms with Crippen LogP contribution in [0, 0.1) is 16.7 Å². The molecule has 1 aromatic carbocycles. The number of nitrogens with zero attached hydrogens (tertiary/aromatic N) is 1. The Morgan fingerprint density at radius 2 is 2.04 bits per heavy atom. The Morgan fingerprint density at radius 3 is 2.65 bits per heavy atom. The largest absolute Gasteiger partial charge is 0.598 e. The van der Waals surface area contributed by atoms with Gasteiger partial charge in [-0.15, -0.1) is 4.72 Å². The normalized spacial score (nSPS) is 24.2. The molecule has 1 fully saturated rings. The first-order valence-electron chi connectivity index (χ1n) is 8.27. The van der Waals surface area contributed by atoms with E-state index in [1.165, 1.54) is 11.1 Å². The molecule has 0 aromatic heterocycles. The van der Waals surface area contributed by atoms with Crippen molar-refractivity contribution in [3.63, 3.8) is 0 Å². The number of nitriles is 1. The minimum atomic E-state index is -1.10. The van der Waals surface area contributed by atoms with Crippen molar-refractivity contribution in [2.24, 2.45) is 5.41 Å². The fourth-order valence-corrected chi connectivity index (χ4v) is 4.73. The van der Waals surface area contributed by atoms with Crippen LogP contribution in [0.4, 0.5) is 0 Å². The van der Waals surface area contributed by atoms with Gasteiger partial charge in [0.1, 0.15) is 4.75 Å². The number of rotatable bonds is 2. The van der Waals surface area contributed by atoms with Crippen LogP contribution in [0.3, 0.4) is 0 Å². The quantitative estimate of drug-likeness (QED) is 0.817. The first-order valence-corrected chi connectivity index (χ1v) is 9.42. The van der Waals surface area contributed by atoms with Crippen molar-refractivity contribution in [2.75, 3.05) is 13.1 Å². The standard InChI is InChI=1S/C18H25N3OS/c1-17(2,3)23(22)21-16-15-5-4-13(12-19)10-14(15)11-18(16)6-8-20-9-7-18/h4-5,10,16,20-21H,6-9,11H2,1-3H3/t16-,23-/m1/s1. The van der Waals surface area contributed by atoms with Crippen molar-refractivity contribution in [2.45, 2.75) is 50.8 Å². The summed E-state index contributed by atoms with van der Waals surface area (Å²) in [4.78, 5) is 0. The van der Waals surface area contributed by atoms with Crippen LogP contribution >= 0.6 is 0 Å². The molecule has 1 saturated heterocycles. The molecule has 1 aliphatic carbocycles. The molecular formula is C18H25N3OS. The lowest BCUT2D eigenvalue weighted by Crippen LogP contribution is -2.48. The van der Waals surface area contributed by atoms with Crippen molar-refractivity contribution >= 4 is 11.4 Å². The van der Waals surface area contributed by atoms with Gasteiger partial charge in [-0.25, -0.2) is 0 Å². The van der Waals surface area contributed by atoms with E-state index in [1.54, 1.807) is 0 Å². The molecule has 5 heteroatoms. The number of piperidine rings is 1. The minimum absolute atomic E-state index is 0.104. The summed E-state index contributed by atoms with van der Waals surface area (Å²) < 4.78 is 15.9. The monoisotopic (exact) mass is 331 g/mol. The maximum Gasteiger partial charge on any atom is 0.136 e. The molecule has 2 aliphatic rings. The molecule has 0 saturated carbocycles. The van der Waals surface area contributed by atoms with Crippen LogP contribution in [0.1, 0.15) is 56.3 Å². The van der Waals surface area contributed by atoms with Gasteiger partial charge in [0, 0.05) is 16.8 Å². The molecule has 3 rings (SSSR count). The van der Waals surface area contributed by atoms with Crippen molar-refractivity contribution in [1.82, 2.24) is 10.0 Å². The maximum absolute atomic E-state index is 12.7. The van der Waals surface area contributed by atoms with Crippen LogP contribution in [0.15, 0.2) is 18.2 Å². The Balaban J connectivity index is 1.96. The van der Waals surface area contributed by atoms with E-state index in [2.05, 4.69) is 22.2 Å². The number of benzene rings is 1. The lowest BCUT2D eigenvalue weighted by atomic mass is 9.73. The fourth-order valence-electron chi connectivity index (χ4n) is 3.78. The minimum Gasteiger partial charge on any atom is -0.598 e. The van der Waals surface area contributed by atoms with Gasteiger partial charge in [-0.05, 0) is 76.4 Å².